The second-order valence-corrected chi connectivity index (χ2v) is 5.75. The summed E-state index contributed by atoms with van der Waals surface area (Å²) in [6.45, 7) is 2.14. The Bertz CT molecular complexity index is 564. The topological polar surface area (TPSA) is 109 Å². The minimum Gasteiger partial charge on any atom is -0.481 e. The van der Waals surface area contributed by atoms with Crippen molar-refractivity contribution in [3.63, 3.8) is 0 Å². The molecule has 118 valence electrons. The standard InChI is InChI=1S/C15H15BrO6/c1-7(17)11(14(19)20)13(12(8(2)18)15(21)22)9-5-3-4-6-10(9)16/h3-6,11-13H,1-2H3,(H,19,20)(H,21,22). The number of carbonyl (C=O) groups is 4. The average Bonchev–Trinajstić information content (AvgIpc) is 2.36. The van der Waals surface area contributed by atoms with E-state index in [1.54, 1.807) is 18.2 Å². The third kappa shape index (κ3) is 3.79. The van der Waals surface area contributed by atoms with E-state index >= 15 is 0 Å². The van der Waals surface area contributed by atoms with E-state index in [4.69, 9.17) is 0 Å². The number of carboxylic acid groups (broad SMARTS) is 2. The quantitative estimate of drug-likeness (QED) is 0.711. The van der Waals surface area contributed by atoms with Crippen molar-refractivity contribution in [2.75, 3.05) is 0 Å². The van der Waals surface area contributed by atoms with Crippen LogP contribution in [0.5, 0.6) is 0 Å². The van der Waals surface area contributed by atoms with Crippen LogP contribution in [-0.4, -0.2) is 33.7 Å². The predicted molar refractivity (Wildman–Crippen MR) is 80.5 cm³/mol. The van der Waals surface area contributed by atoms with Crippen LogP contribution in [0.25, 0.3) is 0 Å². The summed E-state index contributed by atoms with van der Waals surface area (Å²) in [6.07, 6.45) is 0. The molecule has 22 heavy (non-hydrogen) atoms. The number of rotatable bonds is 7. The molecule has 2 atom stereocenters. The van der Waals surface area contributed by atoms with Gasteiger partial charge >= 0.3 is 11.9 Å². The highest BCUT2D eigenvalue weighted by molar-refractivity contribution is 9.10. The van der Waals surface area contributed by atoms with Crippen molar-refractivity contribution >= 4 is 39.4 Å². The fourth-order valence-corrected chi connectivity index (χ4v) is 3.01. The Balaban J connectivity index is 3.60. The molecule has 0 aliphatic carbocycles. The highest BCUT2D eigenvalue weighted by atomic mass is 79.9. The summed E-state index contributed by atoms with van der Waals surface area (Å²) in [5.41, 5.74) is 0.299. The molecule has 0 fully saturated rings. The molecule has 0 aliphatic heterocycles. The molecule has 0 amide bonds. The molecule has 2 unspecified atom stereocenters. The van der Waals surface area contributed by atoms with Gasteiger partial charge in [0, 0.05) is 10.4 Å². The lowest BCUT2D eigenvalue weighted by Gasteiger charge is -2.27. The molecule has 1 aromatic carbocycles. The molecule has 2 N–H and O–H groups in total. The summed E-state index contributed by atoms with van der Waals surface area (Å²) in [7, 11) is 0. The zero-order chi connectivity index (χ0) is 17.0. The SMILES string of the molecule is CC(=O)C(C(=O)O)C(c1ccccc1Br)C(C(C)=O)C(=O)O. The lowest BCUT2D eigenvalue weighted by Crippen LogP contribution is -2.39. The zero-order valence-electron chi connectivity index (χ0n) is 11.9. The van der Waals surface area contributed by atoms with Gasteiger partial charge in [0.2, 0.25) is 0 Å². The molecule has 0 saturated heterocycles. The van der Waals surface area contributed by atoms with E-state index in [1.165, 1.54) is 6.07 Å². The van der Waals surface area contributed by atoms with E-state index < -0.39 is 41.3 Å². The van der Waals surface area contributed by atoms with Gasteiger partial charge in [-0.15, -0.1) is 0 Å². The first-order valence-electron chi connectivity index (χ1n) is 6.39. The van der Waals surface area contributed by atoms with E-state index in [-0.39, 0.29) is 0 Å². The molecule has 0 heterocycles. The fourth-order valence-electron chi connectivity index (χ4n) is 2.46. The lowest BCUT2D eigenvalue weighted by molar-refractivity contribution is -0.151. The first-order valence-corrected chi connectivity index (χ1v) is 7.18. The summed E-state index contributed by atoms with van der Waals surface area (Å²) < 4.78 is 0.444. The van der Waals surface area contributed by atoms with E-state index in [9.17, 15) is 29.4 Å². The Kier molecular flexibility index (Phi) is 5.99. The van der Waals surface area contributed by atoms with Crippen molar-refractivity contribution < 1.29 is 29.4 Å². The highest BCUT2D eigenvalue weighted by Gasteiger charge is 2.44. The van der Waals surface area contributed by atoms with E-state index in [0.717, 1.165) is 13.8 Å². The van der Waals surface area contributed by atoms with Crippen LogP contribution in [0.3, 0.4) is 0 Å². The van der Waals surface area contributed by atoms with E-state index in [1.807, 2.05) is 0 Å². The van der Waals surface area contributed by atoms with Gasteiger partial charge in [0.1, 0.15) is 23.4 Å². The van der Waals surface area contributed by atoms with E-state index in [2.05, 4.69) is 15.9 Å². The molecule has 1 rings (SSSR count). The Hall–Kier alpha value is -2.02. The molecule has 0 spiro atoms. The van der Waals surface area contributed by atoms with Gasteiger partial charge in [0.05, 0.1) is 0 Å². The Labute approximate surface area is 135 Å². The number of benzene rings is 1. The maximum absolute atomic E-state index is 11.8. The number of aliphatic carboxylic acids is 2. The number of halogens is 1. The van der Waals surface area contributed by atoms with Gasteiger partial charge < -0.3 is 10.2 Å². The number of Topliss-reactive ketones (excluding diaryl/α,β-unsaturated/α-hetero) is 2. The number of hydrogen-bond donors (Lipinski definition) is 2. The number of carbonyl (C=O) groups excluding carboxylic acids is 2. The van der Waals surface area contributed by atoms with Crippen LogP contribution in [0.15, 0.2) is 28.7 Å². The average molecular weight is 371 g/mol. The van der Waals surface area contributed by atoms with Gasteiger partial charge in [0.25, 0.3) is 0 Å². The summed E-state index contributed by atoms with van der Waals surface area (Å²) in [5.74, 6) is -8.86. The monoisotopic (exact) mass is 370 g/mol. The lowest BCUT2D eigenvalue weighted by atomic mass is 9.73. The van der Waals surface area contributed by atoms with Crippen molar-refractivity contribution in [1.82, 2.24) is 0 Å². The molecule has 7 heteroatoms. The maximum atomic E-state index is 11.8. The van der Waals surface area contributed by atoms with Crippen LogP contribution < -0.4 is 0 Å². The van der Waals surface area contributed by atoms with Gasteiger partial charge in [-0.05, 0) is 25.5 Å². The highest BCUT2D eigenvalue weighted by Crippen LogP contribution is 2.38. The zero-order valence-corrected chi connectivity index (χ0v) is 13.5. The normalized spacial score (nSPS) is 14.7. The van der Waals surface area contributed by atoms with Crippen LogP contribution in [0.2, 0.25) is 0 Å². The van der Waals surface area contributed by atoms with E-state index in [0.29, 0.717) is 10.0 Å². The minimum atomic E-state index is -1.62. The molecule has 1 aromatic rings. The maximum Gasteiger partial charge on any atom is 0.314 e. The summed E-state index contributed by atoms with van der Waals surface area (Å²) in [6, 6.07) is 6.36. The summed E-state index contributed by atoms with van der Waals surface area (Å²) in [4.78, 5) is 46.5. The largest absolute Gasteiger partial charge is 0.481 e. The molecule has 0 bridgehead atoms. The van der Waals surface area contributed by atoms with Crippen molar-refractivity contribution in [1.29, 1.82) is 0 Å². The van der Waals surface area contributed by atoms with Crippen molar-refractivity contribution in [3.05, 3.63) is 34.3 Å². The Morgan fingerprint density at radius 1 is 0.909 bits per heavy atom. The minimum absolute atomic E-state index is 0.299. The molecule has 0 aliphatic rings. The smallest absolute Gasteiger partial charge is 0.314 e. The van der Waals surface area contributed by atoms with Gasteiger partial charge in [-0.25, -0.2) is 0 Å². The van der Waals surface area contributed by atoms with Crippen LogP contribution >= 0.6 is 15.9 Å². The Morgan fingerprint density at radius 3 is 1.64 bits per heavy atom. The summed E-state index contributed by atoms with van der Waals surface area (Å²) in [5, 5.41) is 18.7. The van der Waals surface area contributed by atoms with Gasteiger partial charge in [-0.3, -0.25) is 19.2 Å². The van der Waals surface area contributed by atoms with Crippen LogP contribution in [0.4, 0.5) is 0 Å². The Morgan fingerprint density at radius 2 is 1.32 bits per heavy atom. The molecule has 0 aromatic heterocycles. The number of carboxylic acids is 2. The van der Waals surface area contributed by atoms with Gasteiger partial charge in [0.15, 0.2) is 0 Å². The molecule has 6 nitrogen and oxygen atoms in total. The first-order chi connectivity index (χ1) is 10.2. The summed E-state index contributed by atoms with van der Waals surface area (Å²) >= 11 is 3.22. The second kappa shape index (κ2) is 7.31. The number of hydrogen-bond acceptors (Lipinski definition) is 4. The molecule has 0 radical (unpaired) electrons. The molecule has 0 saturated carbocycles. The first kappa shape index (κ1) is 18.0. The van der Waals surface area contributed by atoms with Crippen LogP contribution in [0, 0.1) is 11.8 Å². The fraction of sp³-hybridized carbons (Fsp3) is 0.333. The van der Waals surface area contributed by atoms with Crippen LogP contribution in [0.1, 0.15) is 25.3 Å². The molecular formula is C15H15BrO6. The third-order valence-corrected chi connectivity index (χ3v) is 4.11. The van der Waals surface area contributed by atoms with Crippen molar-refractivity contribution in [2.24, 2.45) is 11.8 Å². The third-order valence-electron chi connectivity index (χ3n) is 3.39. The molecular weight excluding hydrogens is 356 g/mol. The van der Waals surface area contributed by atoms with Crippen molar-refractivity contribution in [2.45, 2.75) is 19.8 Å². The predicted octanol–water partition coefficient (Wildman–Crippen LogP) is 2.11. The number of ketones is 2. The van der Waals surface area contributed by atoms with Gasteiger partial charge in [-0.2, -0.15) is 0 Å². The van der Waals surface area contributed by atoms with Gasteiger partial charge in [-0.1, -0.05) is 34.1 Å². The van der Waals surface area contributed by atoms with Crippen LogP contribution in [-0.2, 0) is 19.2 Å². The van der Waals surface area contributed by atoms with Crippen molar-refractivity contribution in [3.8, 4) is 0 Å². The second-order valence-electron chi connectivity index (χ2n) is 4.90.